The zero-order valence-corrected chi connectivity index (χ0v) is 12.0. The van der Waals surface area contributed by atoms with E-state index in [2.05, 4.69) is 22.0 Å². The number of benzene rings is 2. The van der Waals surface area contributed by atoms with Crippen LogP contribution in [0.5, 0.6) is 17.2 Å². The molecule has 0 heterocycles. The van der Waals surface area contributed by atoms with Gasteiger partial charge in [0, 0.05) is 17.0 Å². The highest BCUT2D eigenvalue weighted by atomic mass is 79.9. The molecule has 0 aliphatic carbocycles. The Morgan fingerprint density at radius 1 is 1.11 bits per heavy atom. The number of para-hydroxylation sites is 1. The molecule has 0 aliphatic heterocycles. The zero-order chi connectivity index (χ0) is 13.7. The van der Waals surface area contributed by atoms with Gasteiger partial charge in [0.25, 0.3) is 0 Å². The number of nitrogens with zero attached hydrogens (tertiary/aromatic N) is 1. The van der Waals surface area contributed by atoms with Crippen LogP contribution in [0.15, 0.2) is 42.5 Å². The van der Waals surface area contributed by atoms with Crippen molar-refractivity contribution in [2.75, 3.05) is 7.11 Å². The Labute approximate surface area is 120 Å². The minimum Gasteiger partial charge on any atom is -0.493 e. The van der Waals surface area contributed by atoms with E-state index in [0.29, 0.717) is 22.4 Å². The van der Waals surface area contributed by atoms with E-state index in [1.165, 1.54) is 0 Å². The van der Waals surface area contributed by atoms with Gasteiger partial charge in [-0.25, -0.2) is 0 Å². The van der Waals surface area contributed by atoms with E-state index in [-0.39, 0.29) is 0 Å². The lowest BCUT2D eigenvalue weighted by molar-refractivity contribution is 0.378. The van der Waals surface area contributed by atoms with Crippen LogP contribution in [0.3, 0.4) is 0 Å². The summed E-state index contributed by atoms with van der Waals surface area (Å²) in [7, 11) is 1.56. The van der Waals surface area contributed by atoms with Gasteiger partial charge in [-0.05, 0) is 18.2 Å². The lowest BCUT2D eigenvalue weighted by Crippen LogP contribution is -1.93. The molecule has 0 fully saturated rings. The Morgan fingerprint density at radius 2 is 1.89 bits per heavy atom. The molecule has 2 aromatic carbocycles. The molecule has 19 heavy (non-hydrogen) atoms. The Bertz CT molecular complexity index is 620. The molecule has 2 rings (SSSR count). The second-order valence-electron chi connectivity index (χ2n) is 3.82. The van der Waals surface area contributed by atoms with E-state index >= 15 is 0 Å². The maximum atomic E-state index is 8.87. The molecule has 96 valence electrons. The smallest absolute Gasteiger partial charge is 0.169 e. The van der Waals surface area contributed by atoms with Crippen LogP contribution in [-0.4, -0.2) is 7.11 Å². The van der Waals surface area contributed by atoms with Gasteiger partial charge in [-0.3, -0.25) is 0 Å². The molecule has 2 aromatic rings. The van der Waals surface area contributed by atoms with Gasteiger partial charge < -0.3 is 9.47 Å². The minimum absolute atomic E-state index is 0.540. The minimum atomic E-state index is 0.540. The lowest BCUT2D eigenvalue weighted by atomic mass is 10.2. The van der Waals surface area contributed by atoms with Gasteiger partial charge in [-0.2, -0.15) is 5.26 Å². The summed E-state index contributed by atoms with van der Waals surface area (Å²) in [5.41, 5.74) is 1.59. The molecule has 0 saturated heterocycles. The van der Waals surface area contributed by atoms with Crippen LogP contribution in [0.2, 0.25) is 0 Å². The van der Waals surface area contributed by atoms with E-state index in [4.69, 9.17) is 14.7 Å². The number of hydrogen-bond acceptors (Lipinski definition) is 3. The Morgan fingerprint density at radius 3 is 2.58 bits per heavy atom. The molecule has 0 aliphatic rings. The second-order valence-corrected chi connectivity index (χ2v) is 4.38. The molecule has 0 unspecified atom stereocenters. The lowest BCUT2D eigenvalue weighted by Gasteiger charge is -2.12. The highest BCUT2D eigenvalue weighted by Gasteiger charge is 2.09. The summed E-state index contributed by atoms with van der Waals surface area (Å²) in [6.45, 7) is 0. The molecule has 0 bridgehead atoms. The number of ether oxygens (including phenoxy) is 2. The van der Waals surface area contributed by atoms with E-state index < -0.39 is 0 Å². The van der Waals surface area contributed by atoms with Gasteiger partial charge in [0.2, 0.25) is 0 Å². The van der Waals surface area contributed by atoms with Crippen molar-refractivity contribution >= 4 is 15.9 Å². The number of rotatable bonds is 4. The first-order valence-electron chi connectivity index (χ1n) is 5.68. The van der Waals surface area contributed by atoms with Crippen LogP contribution in [0.25, 0.3) is 0 Å². The average molecular weight is 318 g/mol. The first-order chi connectivity index (χ1) is 9.28. The van der Waals surface area contributed by atoms with Gasteiger partial charge >= 0.3 is 0 Å². The van der Waals surface area contributed by atoms with Gasteiger partial charge in [-0.15, -0.1) is 0 Å². The monoisotopic (exact) mass is 317 g/mol. The number of hydrogen-bond donors (Lipinski definition) is 0. The van der Waals surface area contributed by atoms with Crippen molar-refractivity contribution in [2.24, 2.45) is 0 Å². The highest BCUT2D eigenvalue weighted by Crippen LogP contribution is 2.34. The summed E-state index contributed by atoms with van der Waals surface area (Å²) in [6.07, 6.45) is 0. The van der Waals surface area contributed by atoms with Crippen molar-refractivity contribution in [1.82, 2.24) is 0 Å². The topological polar surface area (TPSA) is 42.2 Å². The molecule has 0 saturated carbocycles. The quantitative estimate of drug-likeness (QED) is 0.791. The van der Waals surface area contributed by atoms with Crippen LogP contribution in [0.1, 0.15) is 11.1 Å². The molecule has 0 amide bonds. The molecule has 0 N–H and O–H groups in total. The van der Waals surface area contributed by atoms with Crippen molar-refractivity contribution in [3.63, 3.8) is 0 Å². The van der Waals surface area contributed by atoms with Crippen LogP contribution in [-0.2, 0) is 5.33 Å². The predicted molar refractivity (Wildman–Crippen MR) is 76.9 cm³/mol. The third kappa shape index (κ3) is 3.07. The van der Waals surface area contributed by atoms with E-state index in [1.807, 2.05) is 24.3 Å². The van der Waals surface area contributed by atoms with E-state index in [0.717, 1.165) is 11.3 Å². The van der Waals surface area contributed by atoms with Crippen molar-refractivity contribution in [3.05, 3.63) is 53.6 Å². The normalized spacial score (nSPS) is 9.74. The summed E-state index contributed by atoms with van der Waals surface area (Å²) < 4.78 is 11.1. The standard InChI is InChI=1S/C15H12BrNO2/c1-18-15-8-11(10-17)6-7-14(15)19-13-5-3-2-4-12(13)9-16/h2-8H,9H2,1H3. The summed E-state index contributed by atoms with van der Waals surface area (Å²) in [4.78, 5) is 0. The van der Waals surface area contributed by atoms with Crippen LogP contribution >= 0.6 is 15.9 Å². The molecular formula is C15H12BrNO2. The molecule has 3 nitrogen and oxygen atoms in total. The number of methoxy groups -OCH3 is 1. The van der Waals surface area contributed by atoms with Crippen LogP contribution < -0.4 is 9.47 Å². The Hall–Kier alpha value is -1.99. The van der Waals surface area contributed by atoms with Gasteiger partial charge in [0.05, 0.1) is 18.7 Å². The van der Waals surface area contributed by atoms with E-state index in [9.17, 15) is 0 Å². The van der Waals surface area contributed by atoms with Crippen molar-refractivity contribution in [1.29, 1.82) is 5.26 Å². The summed E-state index contributed by atoms with van der Waals surface area (Å²) in [5.74, 6) is 1.90. The predicted octanol–water partition coefficient (Wildman–Crippen LogP) is 4.25. The maximum absolute atomic E-state index is 8.87. The van der Waals surface area contributed by atoms with Crippen molar-refractivity contribution in [2.45, 2.75) is 5.33 Å². The first kappa shape index (κ1) is 13.4. The van der Waals surface area contributed by atoms with Gasteiger partial charge in [-0.1, -0.05) is 34.1 Å². The van der Waals surface area contributed by atoms with E-state index in [1.54, 1.807) is 25.3 Å². The van der Waals surface area contributed by atoms with Gasteiger partial charge in [0.1, 0.15) is 5.75 Å². The third-order valence-corrected chi connectivity index (χ3v) is 3.23. The molecule has 0 spiro atoms. The number of halogens is 1. The van der Waals surface area contributed by atoms with Crippen LogP contribution in [0.4, 0.5) is 0 Å². The summed E-state index contributed by atoms with van der Waals surface area (Å²) >= 11 is 3.43. The SMILES string of the molecule is COc1cc(C#N)ccc1Oc1ccccc1CBr. The maximum Gasteiger partial charge on any atom is 0.169 e. The first-order valence-corrected chi connectivity index (χ1v) is 6.80. The molecule has 0 atom stereocenters. The fraction of sp³-hybridized carbons (Fsp3) is 0.133. The summed E-state index contributed by atoms with van der Waals surface area (Å²) in [5, 5.41) is 9.58. The Balaban J connectivity index is 2.35. The fourth-order valence-corrected chi connectivity index (χ4v) is 2.12. The summed E-state index contributed by atoms with van der Waals surface area (Å²) in [6, 6.07) is 14.9. The molecule has 0 radical (unpaired) electrons. The van der Waals surface area contributed by atoms with Gasteiger partial charge in [0.15, 0.2) is 11.5 Å². The third-order valence-electron chi connectivity index (χ3n) is 2.63. The Kier molecular flexibility index (Phi) is 4.43. The average Bonchev–Trinajstić information content (AvgIpc) is 2.48. The highest BCUT2D eigenvalue weighted by molar-refractivity contribution is 9.08. The van der Waals surface area contributed by atoms with Crippen molar-refractivity contribution in [3.8, 4) is 23.3 Å². The second kappa shape index (κ2) is 6.26. The molecule has 0 aromatic heterocycles. The van der Waals surface area contributed by atoms with Crippen molar-refractivity contribution < 1.29 is 9.47 Å². The fourth-order valence-electron chi connectivity index (χ4n) is 1.65. The zero-order valence-electron chi connectivity index (χ0n) is 10.4. The number of alkyl halides is 1. The number of nitriles is 1. The van der Waals surface area contributed by atoms with Crippen LogP contribution in [0, 0.1) is 11.3 Å². The molecular weight excluding hydrogens is 306 g/mol. The largest absolute Gasteiger partial charge is 0.493 e. The molecule has 4 heteroatoms.